The zero-order chi connectivity index (χ0) is 10.6. The number of carboxylic acid groups (broad SMARTS) is 1. The maximum atomic E-state index is 11.1. The second-order valence-corrected chi connectivity index (χ2v) is 4.58. The van der Waals surface area contributed by atoms with E-state index in [2.05, 4.69) is 0 Å². The molecule has 1 rings (SSSR count). The first-order valence-corrected chi connectivity index (χ1v) is 6.13. The van der Waals surface area contributed by atoms with Crippen molar-refractivity contribution >= 4 is 17.7 Å². The van der Waals surface area contributed by atoms with Crippen molar-refractivity contribution in [1.29, 1.82) is 0 Å². The summed E-state index contributed by atoms with van der Waals surface area (Å²) in [7, 11) is 0. The van der Waals surface area contributed by atoms with E-state index in [1.165, 1.54) is 0 Å². The van der Waals surface area contributed by atoms with Crippen LogP contribution in [-0.2, 0) is 9.53 Å². The number of hydrogen-bond acceptors (Lipinski definition) is 4. The molecule has 0 radical (unpaired) electrons. The van der Waals surface area contributed by atoms with Crippen molar-refractivity contribution in [3.63, 3.8) is 0 Å². The summed E-state index contributed by atoms with van der Waals surface area (Å²) < 4.78 is 5.36. The summed E-state index contributed by atoms with van der Waals surface area (Å²) in [6.45, 7) is 0.635. The molecule has 14 heavy (non-hydrogen) atoms. The van der Waals surface area contributed by atoms with Crippen molar-refractivity contribution in [3.05, 3.63) is 0 Å². The number of carboxylic acids is 1. The Labute approximate surface area is 88.2 Å². The average Bonchev–Trinajstić information content (AvgIpc) is 2.66. The minimum Gasteiger partial charge on any atom is -0.480 e. The van der Waals surface area contributed by atoms with Crippen LogP contribution in [0.4, 0.5) is 0 Å². The summed E-state index contributed by atoms with van der Waals surface area (Å²) in [5, 5.41) is 9.11. The lowest BCUT2D eigenvalue weighted by Gasteiger charge is -2.30. The average molecular weight is 219 g/mol. The lowest BCUT2D eigenvalue weighted by Crippen LogP contribution is -2.57. The number of rotatable bonds is 5. The molecule has 0 aromatic heterocycles. The maximum absolute atomic E-state index is 11.1. The lowest BCUT2D eigenvalue weighted by atomic mass is 9.89. The number of hydrogen-bond donors (Lipinski definition) is 2. The molecule has 0 aromatic rings. The first kappa shape index (κ1) is 11.8. The number of ether oxygens (including phenoxy) is 1. The lowest BCUT2D eigenvalue weighted by molar-refractivity contribution is -0.148. The second-order valence-electron chi connectivity index (χ2n) is 3.59. The highest BCUT2D eigenvalue weighted by Crippen LogP contribution is 2.26. The van der Waals surface area contributed by atoms with Gasteiger partial charge in [-0.25, -0.2) is 0 Å². The molecule has 4 nitrogen and oxygen atoms in total. The minimum atomic E-state index is -1.19. The van der Waals surface area contributed by atoms with Gasteiger partial charge in [0.2, 0.25) is 0 Å². The maximum Gasteiger partial charge on any atom is 0.326 e. The van der Waals surface area contributed by atoms with Crippen LogP contribution in [0.5, 0.6) is 0 Å². The van der Waals surface area contributed by atoms with Gasteiger partial charge in [0.15, 0.2) is 0 Å². The van der Waals surface area contributed by atoms with Crippen LogP contribution >= 0.6 is 11.8 Å². The molecule has 0 amide bonds. The Balaban J connectivity index is 2.64. The molecule has 0 spiro atoms. The van der Waals surface area contributed by atoms with Crippen LogP contribution in [0, 0.1) is 0 Å². The standard InChI is InChI=1S/C9H17NO3S/c1-14-6-4-9(10,8(11)12)7-3-2-5-13-7/h7H,2-6,10H2,1H3,(H,11,12)/t7-,9-/m0/s1. The molecule has 0 saturated carbocycles. The Morgan fingerprint density at radius 3 is 2.93 bits per heavy atom. The Kier molecular flexibility index (Phi) is 4.22. The topological polar surface area (TPSA) is 72.6 Å². The van der Waals surface area contributed by atoms with E-state index in [1.54, 1.807) is 11.8 Å². The van der Waals surface area contributed by atoms with Gasteiger partial charge in [-0.05, 0) is 31.3 Å². The van der Waals surface area contributed by atoms with Gasteiger partial charge < -0.3 is 15.6 Å². The molecule has 0 aromatic carbocycles. The van der Waals surface area contributed by atoms with E-state index in [4.69, 9.17) is 15.6 Å². The van der Waals surface area contributed by atoms with E-state index in [0.29, 0.717) is 13.0 Å². The van der Waals surface area contributed by atoms with Gasteiger partial charge in [-0.15, -0.1) is 0 Å². The summed E-state index contributed by atoms with van der Waals surface area (Å²) in [6, 6.07) is 0. The number of nitrogens with two attached hydrogens (primary N) is 1. The number of aliphatic carboxylic acids is 1. The molecule has 0 unspecified atom stereocenters. The van der Waals surface area contributed by atoms with E-state index in [9.17, 15) is 4.79 Å². The fraction of sp³-hybridized carbons (Fsp3) is 0.889. The highest BCUT2D eigenvalue weighted by atomic mass is 32.2. The summed E-state index contributed by atoms with van der Waals surface area (Å²) in [5.74, 6) is -0.193. The summed E-state index contributed by atoms with van der Waals surface area (Å²) >= 11 is 1.61. The molecule has 5 heteroatoms. The Bertz CT molecular complexity index is 206. The van der Waals surface area contributed by atoms with E-state index in [-0.39, 0.29) is 6.10 Å². The first-order valence-electron chi connectivity index (χ1n) is 4.74. The van der Waals surface area contributed by atoms with Gasteiger partial charge in [-0.1, -0.05) is 0 Å². The van der Waals surface area contributed by atoms with Gasteiger partial charge in [-0.3, -0.25) is 4.79 Å². The van der Waals surface area contributed by atoms with Crippen LogP contribution in [0.25, 0.3) is 0 Å². The quantitative estimate of drug-likeness (QED) is 0.712. The SMILES string of the molecule is CSCC[C@@](N)(C(=O)O)[C@@H]1CCCO1. The zero-order valence-corrected chi connectivity index (χ0v) is 9.18. The number of thioether (sulfide) groups is 1. The first-order chi connectivity index (χ1) is 6.61. The largest absolute Gasteiger partial charge is 0.480 e. The Morgan fingerprint density at radius 1 is 1.79 bits per heavy atom. The van der Waals surface area contributed by atoms with Crippen LogP contribution in [0.1, 0.15) is 19.3 Å². The fourth-order valence-electron chi connectivity index (χ4n) is 1.66. The van der Waals surface area contributed by atoms with Crippen LogP contribution in [0.15, 0.2) is 0 Å². The smallest absolute Gasteiger partial charge is 0.326 e. The predicted molar refractivity (Wildman–Crippen MR) is 56.5 cm³/mol. The van der Waals surface area contributed by atoms with Crippen LogP contribution in [0.3, 0.4) is 0 Å². The predicted octanol–water partition coefficient (Wildman–Crippen LogP) is 0.701. The van der Waals surface area contributed by atoms with Crippen molar-refractivity contribution in [2.24, 2.45) is 5.73 Å². The van der Waals surface area contributed by atoms with Gasteiger partial charge in [0.05, 0.1) is 6.10 Å². The van der Waals surface area contributed by atoms with Crippen molar-refractivity contribution in [2.45, 2.75) is 30.9 Å². The van der Waals surface area contributed by atoms with E-state index < -0.39 is 11.5 Å². The molecule has 0 bridgehead atoms. The zero-order valence-electron chi connectivity index (χ0n) is 8.36. The molecule has 82 valence electrons. The van der Waals surface area contributed by atoms with Gasteiger partial charge in [0.25, 0.3) is 0 Å². The van der Waals surface area contributed by atoms with Crippen molar-refractivity contribution in [1.82, 2.24) is 0 Å². The third-order valence-corrected chi connectivity index (χ3v) is 3.23. The summed E-state index contributed by atoms with van der Waals surface area (Å²) in [6.07, 6.45) is 3.77. The highest BCUT2D eigenvalue weighted by Gasteiger charge is 2.44. The fourth-order valence-corrected chi connectivity index (χ4v) is 2.20. The Morgan fingerprint density at radius 2 is 2.50 bits per heavy atom. The van der Waals surface area contributed by atoms with Gasteiger partial charge in [-0.2, -0.15) is 11.8 Å². The van der Waals surface area contributed by atoms with Gasteiger partial charge >= 0.3 is 5.97 Å². The third kappa shape index (κ3) is 2.40. The van der Waals surface area contributed by atoms with E-state index >= 15 is 0 Å². The molecule has 1 saturated heterocycles. The minimum absolute atomic E-state index is 0.313. The number of carbonyl (C=O) groups is 1. The third-order valence-electron chi connectivity index (χ3n) is 2.62. The molecule has 1 aliphatic heterocycles. The summed E-state index contributed by atoms with van der Waals surface area (Å²) in [5.41, 5.74) is 4.70. The van der Waals surface area contributed by atoms with E-state index in [0.717, 1.165) is 18.6 Å². The molecule has 2 atom stereocenters. The molecular formula is C9H17NO3S. The molecule has 1 aliphatic rings. The molecule has 1 heterocycles. The second kappa shape index (κ2) is 5.00. The Hall–Kier alpha value is -0.260. The molecular weight excluding hydrogens is 202 g/mol. The molecule has 0 aliphatic carbocycles. The van der Waals surface area contributed by atoms with Crippen molar-refractivity contribution in [3.8, 4) is 0 Å². The van der Waals surface area contributed by atoms with Gasteiger partial charge in [0, 0.05) is 6.61 Å². The van der Waals surface area contributed by atoms with Gasteiger partial charge in [0.1, 0.15) is 5.54 Å². The van der Waals surface area contributed by atoms with Crippen LogP contribution in [-0.4, -0.2) is 41.3 Å². The monoisotopic (exact) mass is 219 g/mol. The summed E-state index contributed by atoms with van der Waals surface area (Å²) in [4.78, 5) is 11.1. The van der Waals surface area contributed by atoms with Crippen molar-refractivity contribution < 1.29 is 14.6 Å². The van der Waals surface area contributed by atoms with E-state index in [1.807, 2.05) is 6.26 Å². The molecule has 1 fully saturated rings. The van der Waals surface area contributed by atoms with Crippen LogP contribution in [0.2, 0.25) is 0 Å². The van der Waals surface area contributed by atoms with Crippen LogP contribution < -0.4 is 5.73 Å². The van der Waals surface area contributed by atoms with Crippen molar-refractivity contribution in [2.75, 3.05) is 18.6 Å². The highest BCUT2D eigenvalue weighted by molar-refractivity contribution is 7.98. The normalized spacial score (nSPS) is 26.0. The molecule has 3 N–H and O–H groups in total.